The van der Waals surface area contributed by atoms with Crippen molar-refractivity contribution in [2.24, 2.45) is 0 Å². The second-order valence-corrected chi connectivity index (χ2v) is 6.85. The summed E-state index contributed by atoms with van der Waals surface area (Å²) in [5, 5.41) is 6.90. The SMILES string of the molecule is CC1CC(NC(=O)COc2ccc(-c3ccccc3)cc2Cl)CCN1. The van der Waals surface area contributed by atoms with E-state index in [0.717, 1.165) is 30.5 Å². The van der Waals surface area contributed by atoms with Crippen molar-refractivity contribution >= 4 is 17.5 Å². The Hall–Kier alpha value is -2.04. The number of carbonyl (C=O) groups excluding carboxylic acids is 1. The maximum absolute atomic E-state index is 12.1. The molecule has 0 spiro atoms. The Bertz CT molecular complexity index is 721. The summed E-state index contributed by atoms with van der Waals surface area (Å²) in [6, 6.07) is 16.3. The van der Waals surface area contributed by atoms with E-state index in [4.69, 9.17) is 16.3 Å². The summed E-state index contributed by atoms with van der Waals surface area (Å²) in [6.45, 7) is 3.03. The van der Waals surface area contributed by atoms with Gasteiger partial charge in [-0.2, -0.15) is 0 Å². The van der Waals surface area contributed by atoms with Gasteiger partial charge in [0.1, 0.15) is 5.75 Å². The first-order valence-corrected chi connectivity index (χ1v) is 9.00. The molecule has 2 unspecified atom stereocenters. The van der Waals surface area contributed by atoms with Gasteiger partial charge in [-0.05, 0) is 49.6 Å². The first-order valence-electron chi connectivity index (χ1n) is 8.62. The largest absolute Gasteiger partial charge is 0.482 e. The zero-order chi connectivity index (χ0) is 17.6. The second kappa shape index (κ2) is 8.37. The van der Waals surface area contributed by atoms with Crippen LogP contribution in [-0.2, 0) is 4.79 Å². The first kappa shape index (κ1) is 17.8. The highest BCUT2D eigenvalue weighted by atomic mass is 35.5. The number of piperidine rings is 1. The molecule has 0 saturated carbocycles. The van der Waals surface area contributed by atoms with Crippen molar-refractivity contribution in [3.63, 3.8) is 0 Å². The van der Waals surface area contributed by atoms with E-state index in [1.807, 2.05) is 48.5 Å². The van der Waals surface area contributed by atoms with Crippen LogP contribution in [0.2, 0.25) is 5.02 Å². The summed E-state index contributed by atoms with van der Waals surface area (Å²) < 4.78 is 5.60. The lowest BCUT2D eigenvalue weighted by atomic mass is 10.0. The van der Waals surface area contributed by atoms with E-state index in [-0.39, 0.29) is 18.6 Å². The molecular weight excluding hydrogens is 336 g/mol. The molecule has 132 valence electrons. The Morgan fingerprint density at radius 2 is 2.04 bits per heavy atom. The number of rotatable bonds is 5. The van der Waals surface area contributed by atoms with E-state index in [1.165, 1.54) is 0 Å². The first-order chi connectivity index (χ1) is 12.1. The van der Waals surface area contributed by atoms with Gasteiger partial charge in [-0.3, -0.25) is 4.79 Å². The van der Waals surface area contributed by atoms with Gasteiger partial charge in [0.15, 0.2) is 6.61 Å². The van der Waals surface area contributed by atoms with E-state index in [9.17, 15) is 4.79 Å². The van der Waals surface area contributed by atoms with Gasteiger partial charge < -0.3 is 15.4 Å². The molecule has 1 saturated heterocycles. The number of amides is 1. The molecule has 1 fully saturated rings. The van der Waals surface area contributed by atoms with Crippen molar-refractivity contribution in [3.05, 3.63) is 53.6 Å². The van der Waals surface area contributed by atoms with Gasteiger partial charge in [0.2, 0.25) is 0 Å². The normalized spacial score (nSPS) is 20.1. The second-order valence-electron chi connectivity index (χ2n) is 6.44. The topological polar surface area (TPSA) is 50.4 Å². The summed E-state index contributed by atoms with van der Waals surface area (Å²) in [4.78, 5) is 12.1. The molecule has 1 amide bonds. The van der Waals surface area contributed by atoms with E-state index in [1.54, 1.807) is 0 Å². The molecule has 25 heavy (non-hydrogen) atoms. The number of carbonyl (C=O) groups is 1. The lowest BCUT2D eigenvalue weighted by molar-refractivity contribution is -0.124. The molecule has 1 heterocycles. The van der Waals surface area contributed by atoms with Crippen LogP contribution in [0.4, 0.5) is 0 Å². The van der Waals surface area contributed by atoms with Gasteiger partial charge in [-0.25, -0.2) is 0 Å². The zero-order valence-electron chi connectivity index (χ0n) is 14.3. The lowest BCUT2D eigenvalue weighted by Crippen LogP contribution is -2.47. The Morgan fingerprint density at radius 3 is 2.76 bits per heavy atom. The number of nitrogens with one attached hydrogen (secondary N) is 2. The molecule has 3 rings (SSSR count). The van der Waals surface area contributed by atoms with Crippen molar-refractivity contribution in [1.82, 2.24) is 10.6 Å². The Morgan fingerprint density at radius 1 is 1.24 bits per heavy atom. The molecule has 0 aromatic heterocycles. The van der Waals surface area contributed by atoms with Gasteiger partial charge in [0.25, 0.3) is 5.91 Å². The average Bonchev–Trinajstić information content (AvgIpc) is 2.61. The summed E-state index contributed by atoms with van der Waals surface area (Å²) >= 11 is 6.31. The summed E-state index contributed by atoms with van der Waals surface area (Å²) in [7, 11) is 0. The molecule has 1 aliphatic rings. The fraction of sp³-hybridized carbons (Fsp3) is 0.350. The van der Waals surface area contributed by atoms with Crippen molar-refractivity contribution in [2.45, 2.75) is 31.8 Å². The molecule has 1 aliphatic heterocycles. The van der Waals surface area contributed by atoms with Crippen molar-refractivity contribution in [1.29, 1.82) is 0 Å². The van der Waals surface area contributed by atoms with Crippen LogP contribution in [0.15, 0.2) is 48.5 Å². The van der Waals surface area contributed by atoms with Crippen LogP contribution in [0.1, 0.15) is 19.8 Å². The quantitative estimate of drug-likeness (QED) is 0.857. The number of ether oxygens (including phenoxy) is 1. The highest BCUT2D eigenvalue weighted by Crippen LogP contribution is 2.30. The van der Waals surface area contributed by atoms with Gasteiger partial charge in [0.05, 0.1) is 5.02 Å². The van der Waals surface area contributed by atoms with E-state index in [0.29, 0.717) is 16.8 Å². The van der Waals surface area contributed by atoms with Crippen molar-refractivity contribution in [3.8, 4) is 16.9 Å². The Balaban J connectivity index is 1.55. The Labute approximate surface area is 153 Å². The van der Waals surface area contributed by atoms with Crippen molar-refractivity contribution < 1.29 is 9.53 Å². The van der Waals surface area contributed by atoms with Crippen LogP contribution in [0, 0.1) is 0 Å². The molecular formula is C20H23ClN2O2. The van der Waals surface area contributed by atoms with E-state index >= 15 is 0 Å². The van der Waals surface area contributed by atoms with Crippen LogP contribution in [0.25, 0.3) is 11.1 Å². The molecule has 0 radical (unpaired) electrons. The van der Waals surface area contributed by atoms with Gasteiger partial charge in [-0.1, -0.05) is 48.0 Å². The fourth-order valence-corrected chi connectivity index (χ4v) is 3.34. The minimum atomic E-state index is -0.109. The van der Waals surface area contributed by atoms with Crippen LogP contribution >= 0.6 is 11.6 Å². The number of hydrogen-bond donors (Lipinski definition) is 2. The molecule has 0 bridgehead atoms. The van der Waals surface area contributed by atoms with E-state index in [2.05, 4.69) is 17.6 Å². The van der Waals surface area contributed by atoms with E-state index < -0.39 is 0 Å². The van der Waals surface area contributed by atoms with Crippen LogP contribution in [0.3, 0.4) is 0 Å². The molecule has 2 atom stereocenters. The van der Waals surface area contributed by atoms with Gasteiger partial charge >= 0.3 is 0 Å². The monoisotopic (exact) mass is 358 g/mol. The third kappa shape index (κ3) is 4.97. The minimum absolute atomic E-state index is 0.0251. The lowest BCUT2D eigenvalue weighted by Gasteiger charge is -2.28. The predicted octanol–water partition coefficient (Wildman–Crippen LogP) is 3.64. The maximum Gasteiger partial charge on any atom is 0.258 e. The highest BCUT2D eigenvalue weighted by molar-refractivity contribution is 6.32. The highest BCUT2D eigenvalue weighted by Gasteiger charge is 2.20. The average molecular weight is 359 g/mol. The van der Waals surface area contributed by atoms with Crippen LogP contribution in [-0.4, -0.2) is 31.1 Å². The molecule has 2 aromatic rings. The Kier molecular flexibility index (Phi) is 5.95. The molecule has 4 nitrogen and oxygen atoms in total. The molecule has 2 aromatic carbocycles. The molecule has 0 aliphatic carbocycles. The molecule has 5 heteroatoms. The number of halogens is 1. The fourth-order valence-electron chi connectivity index (χ4n) is 3.10. The number of benzene rings is 2. The summed E-state index contributed by atoms with van der Waals surface area (Å²) in [6.07, 6.45) is 1.89. The van der Waals surface area contributed by atoms with Gasteiger partial charge in [0, 0.05) is 12.1 Å². The number of hydrogen-bond acceptors (Lipinski definition) is 3. The third-order valence-electron chi connectivity index (χ3n) is 4.39. The maximum atomic E-state index is 12.1. The standard InChI is InChI=1S/C20H23ClN2O2/c1-14-11-17(9-10-22-14)23-20(24)13-25-19-8-7-16(12-18(19)21)15-5-3-2-4-6-15/h2-8,12,14,17,22H,9-11,13H2,1H3,(H,23,24). The molecule has 2 N–H and O–H groups in total. The van der Waals surface area contributed by atoms with Crippen LogP contribution in [0.5, 0.6) is 5.75 Å². The zero-order valence-corrected chi connectivity index (χ0v) is 15.1. The van der Waals surface area contributed by atoms with Crippen LogP contribution < -0.4 is 15.4 Å². The van der Waals surface area contributed by atoms with Gasteiger partial charge in [-0.15, -0.1) is 0 Å². The predicted molar refractivity (Wildman–Crippen MR) is 101 cm³/mol. The third-order valence-corrected chi connectivity index (χ3v) is 4.68. The summed E-state index contributed by atoms with van der Waals surface area (Å²) in [5.41, 5.74) is 2.11. The minimum Gasteiger partial charge on any atom is -0.482 e. The summed E-state index contributed by atoms with van der Waals surface area (Å²) in [5.74, 6) is 0.414. The smallest absolute Gasteiger partial charge is 0.258 e. The van der Waals surface area contributed by atoms with Crippen molar-refractivity contribution in [2.75, 3.05) is 13.2 Å².